The van der Waals surface area contributed by atoms with Crippen molar-refractivity contribution >= 4 is 17.1 Å². The lowest BCUT2D eigenvalue weighted by molar-refractivity contribution is 0.136. The quantitative estimate of drug-likeness (QED) is 0.731. The van der Waals surface area contributed by atoms with Gasteiger partial charge in [-0.25, -0.2) is 9.59 Å². The summed E-state index contributed by atoms with van der Waals surface area (Å²) in [6, 6.07) is 12.9. The van der Waals surface area contributed by atoms with Gasteiger partial charge < -0.3 is 20.4 Å². The number of urea groups is 1. The number of rotatable bonds is 3. The molecule has 1 aliphatic rings. The van der Waals surface area contributed by atoms with Crippen LogP contribution in [0.3, 0.4) is 0 Å². The van der Waals surface area contributed by atoms with Gasteiger partial charge in [0.1, 0.15) is 5.75 Å². The Bertz CT molecular complexity index is 1080. The summed E-state index contributed by atoms with van der Waals surface area (Å²) in [6.07, 6.45) is 1.28. The van der Waals surface area contributed by atoms with E-state index in [1.165, 1.54) is 0 Å². The molecule has 2 aromatic carbocycles. The molecule has 2 heterocycles. The maximum atomic E-state index is 12.6. The monoisotopic (exact) mass is 380 g/mol. The van der Waals surface area contributed by atoms with Crippen molar-refractivity contribution < 1.29 is 9.53 Å². The van der Waals surface area contributed by atoms with Crippen LogP contribution in [0.25, 0.3) is 11.0 Å². The van der Waals surface area contributed by atoms with Crippen LogP contribution in [0.2, 0.25) is 0 Å². The topological polar surface area (TPSA) is 93.3 Å². The van der Waals surface area contributed by atoms with Crippen molar-refractivity contribution in [1.29, 1.82) is 0 Å². The predicted molar refractivity (Wildman–Crippen MR) is 108 cm³/mol. The average molecular weight is 380 g/mol. The molecule has 2 amide bonds. The fraction of sp³-hybridized carbons (Fsp3) is 0.333. The highest BCUT2D eigenvalue weighted by Gasteiger charge is 2.34. The van der Waals surface area contributed by atoms with Crippen LogP contribution in [0, 0.1) is 6.92 Å². The van der Waals surface area contributed by atoms with Crippen molar-refractivity contribution in [2.75, 3.05) is 13.7 Å². The van der Waals surface area contributed by atoms with Crippen molar-refractivity contribution in [2.45, 2.75) is 31.8 Å². The van der Waals surface area contributed by atoms with Gasteiger partial charge in [0.05, 0.1) is 24.2 Å². The summed E-state index contributed by atoms with van der Waals surface area (Å²) < 4.78 is 7.26. The standard InChI is InChI=1S/C21H24N4O3/c1-13-7-8-14(11-19(13)28-2)18-12-15(9-10-24(18)20(22)26)25-17-6-4-3-5-16(17)23-21(25)27/h3-8,11,15,18H,9-10,12H2,1-2H3,(H2,22,26)(H,23,27). The van der Waals surface area contributed by atoms with Crippen LogP contribution in [-0.4, -0.2) is 34.1 Å². The van der Waals surface area contributed by atoms with Gasteiger partial charge >= 0.3 is 11.7 Å². The SMILES string of the molecule is COc1cc(C2CC(n3c(=O)[nH]c4ccccc43)CCN2C(N)=O)ccc1C. The first-order chi connectivity index (χ1) is 13.5. The molecule has 28 heavy (non-hydrogen) atoms. The number of para-hydroxylation sites is 2. The minimum absolute atomic E-state index is 0.0310. The normalized spacial score (nSPS) is 19.7. The Labute approximate surface area is 162 Å². The molecule has 1 aromatic heterocycles. The lowest BCUT2D eigenvalue weighted by Gasteiger charge is -2.39. The minimum atomic E-state index is -0.450. The average Bonchev–Trinajstić information content (AvgIpc) is 3.03. The van der Waals surface area contributed by atoms with Crippen LogP contribution >= 0.6 is 0 Å². The van der Waals surface area contributed by atoms with Crippen LogP contribution < -0.4 is 16.2 Å². The number of H-pyrrole nitrogens is 1. The van der Waals surface area contributed by atoms with E-state index in [1.807, 2.05) is 54.0 Å². The number of amides is 2. The van der Waals surface area contributed by atoms with E-state index in [1.54, 1.807) is 12.0 Å². The number of ether oxygens (including phenoxy) is 1. The second-order valence-corrected chi connectivity index (χ2v) is 7.27. The molecule has 2 unspecified atom stereocenters. The number of aromatic amines is 1. The maximum absolute atomic E-state index is 12.6. The molecule has 3 aromatic rings. The molecule has 4 rings (SSSR count). The van der Waals surface area contributed by atoms with Gasteiger partial charge in [0.25, 0.3) is 0 Å². The Kier molecular flexibility index (Phi) is 4.58. The van der Waals surface area contributed by atoms with Gasteiger partial charge in [-0.3, -0.25) is 4.57 Å². The molecule has 146 valence electrons. The second kappa shape index (κ2) is 7.07. The fourth-order valence-electron chi connectivity index (χ4n) is 4.24. The number of benzene rings is 2. The number of carbonyl (C=O) groups is 1. The zero-order valence-corrected chi connectivity index (χ0v) is 16.0. The van der Waals surface area contributed by atoms with Gasteiger partial charge in [-0.1, -0.05) is 24.3 Å². The molecule has 7 nitrogen and oxygen atoms in total. The van der Waals surface area contributed by atoms with Crippen molar-refractivity contribution in [1.82, 2.24) is 14.5 Å². The third-order valence-electron chi connectivity index (χ3n) is 5.66. The lowest BCUT2D eigenvalue weighted by atomic mass is 9.91. The third-order valence-corrected chi connectivity index (χ3v) is 5.66. The summed E-state index contributed by atoms with van der Waals surface area (Å²) in [5.74, 6) is 0.772. The van der Waals surface area contributed by atoms with E-state index < -0.39 is 6.03 Å². The summed E-state index contributed by atoms with van der Waals surface area (Å²) in [4.78, 5) is 29.3. The fourth-order valence-corrected chi connectivity index (χ4v) is 4.24. The highest BCUT2D eigenvalue weighted by Crippen LogP contribution is 2.38. The Morgan fingerprint density at radius 2 is 2.04 bits per heavy atom. The molecule has 0 bridgehead atoms. The van der Waals surface area contributed by atoms with Crippen LogP contribution in [-0.2, 0) is 0 Å². The number of imidazole rings is 1. The van der Waals surface area contributed by atoms with Crippen LogP contribution in [0.4, 0.5) is 4.79 Å². The number of likely N-dealkylation sites (tertiary alicyclic amines) is 1. The maximum Gasteiger partial charge on any atom is 0.326 e. The number of hydrogen-bond donors (Lipinski definition) is 2. The number of nitrogens with zero attached hydrogens (tertiary/aromatic N) is 2. The number of aromatic nitrogens is 2. The molecule has 7 heteroatoms. The van der Waals surface area contributed by atoms with E-state index in [2.05, 4.69) is 4.98 Å². The van der Waals surface area contributed by atoms with Gasteiger partial charge in [-0.2, -0.15) is 0 Å². The molecule has 0 aliphatic carbocycles. The summed E-state index contributed by atoms with van der Waals surface area (Å²) in [5.41, 5.74) is 9.22. The number of aryl methyl sites for hydroxylation is 1. The number of nitrogens with one attached hydrogen (secondary N) is 1. The summed E-state index contributed by atoms with van der Waals surface area (Å²) in [6.45, 7) is 2.47. The number of carbonyl (C=O) groups excluding carboxylic acids is 1. The largest absolute Gasteiger partial charge is 0.496 e. The minimum Gasteiger partial charge on any atom is -0.496 e. The van der Waals surface area contributed by atoms with E-state index in [0.717, 1.165) is 27.9 Å². The summed E-state index contributed by atoms with van der Waals surface area (Å²) in [5, 5.41) is 0. The van der Waals surface area contributed by atoms with Gasteiger partial charge in [-0.05, 0) is 49.1 Å². The first-order valence-electron chi connectivity index (χ1n) is 9.39. The van der Waals surface area contributed by atoms with Crippen molar-refractivity contribution in [3.63, 3.8) is 0 Å². The van der Waals surface area contributed by atoms with Gasteiger partial charge in [0, 0.05) is 12.6 Å². The van der Waals surface area contributed by atoms with Crippen molar-refractivity contribution in [3.05, 3.63) is 64.1 Å². The van der Waals surface area contributed by atoms with Crippen LogP contribution in [0.15, 0.2) is 47.3 Å². The van der Waals surface area contributed by atoms with E-state index in [0.29, 0.717) is 19.4 Å². The first kappa shape index (κ1) is 18.2. The molecular weight excluding hydrogens is 356 g/mol. The third kappa shape index (κ3) is 3.02. The van der Waals surface area contributed by atoms with Gasteiger partial charge in [-0.15, -0.1) is 0 Å². The second-order valence-electron chi connectivity index (χ2n) is 7.27. The smallest absolute Gasteiger partial charge is 0.326 e. The predicted octanol–water partition coefficient (Wildman–Crippen LogP) is 3.10. The lowest BCUT2D eigenvalue weighted by Crippen LogP contribution is -2.45. The van der Waals surface area contributed by atoms with E-state index in [4.69, 9.17) is 10.5 Å². The van der Waals surface area contributed by atoms with Crippen LogP contribution in [0.5, 0.6) is 5.75 Å². The highest BCUT2D eigenvalue weighted by molar-refractivity contribution is 5.75. The van der Waals surface area contributed by atoms with E-state index in [9.17, 15) is 9.59 Å². The Hall–Kier alpha value is -3.22. The Balaban J connectivity index is 1.75. The number of piperidine rings is 1. The Morgan fingerprint density at radius 1 is 1.25 bits per heavy atom. The molecule has 1 saturated heterocycles. The molecule has 0 spiro atoms. The molecule has 2 atom stereocenters. The number of fused-ring (bicyclic) bond motifs is 1. The summed E-state index contributed by atoms with van der Waals surface area (Å²) >= 11 is 0. The zero-order chi connectivity index (χ0) is 19.8. The number of nitrogens with two attached hydrogens (primary N) is 1. The molecule has 1 aliphatic heterocycles. The van der Waals surface area contributed by atoms with Gasteiger partial charge in [0.2, 0.25) is 0 Å². The van der Waals surface area contributed by atoms with Crippen LogP contribution in [0.1, 0.15) is 36.1 Å². The number of primary amides is 1. The molecule has 0 radical (unpaired) electrons. The molecular formula is C21H24N4O3. The van der Waals surface area contributed by atoms with E-state index >= 15 is 0 Å². The van der Waals surface area contributed by atoms with Gasteiger partial charge in [0.15, 0.2) is 0 Å². The number of methoxy groups -OCH3 is 1. The molecule has 1 fully saturated rings. The highest BCUT2D eigenvalue weighted by atomic mass is 16.5. The molecule has 0 saturated carbocycles. The Morgan fingerprint density at radius 3 is 2.79 bits per heavy atom. The number of hydrogen-bond acceptors (Lipinski definition) is 3. The first-order valence-corrected chi connectivity index (χ1v) is 9.39. The van der Waals surface area contributed by atoms with Crippen molar-refractivity contribution in [3.8, 4) is 5.75 Å². The van der Waals surface area contributed by atoms with Crippen molar-refractivity contribution in [2.24, 2.45) is 5.73 Å². The zero-order valence-electron chi connectivity index (χ0n) is 16.0. The molecule has 3 N–H and O–H groups in total. The van der Waals surface area contributed by atoms with E-state index in [-0.39, 0.29) is 17.8 Å². The summed E-state index contributed by atoms with van der Waals surface area (Å²) in [7, 11) is 1.63.